The summed E-state index contributed by atoms with van der Waals surface area (Å²) in [6.07, 6.45) is 2.27. The van der Waals surface area contributed by atoms with Crippen molar-refractivity contribution in [3.05, 3.63) is 35.1 Å². The highest BCUT2D eigenvalue weighted by Crippen LogP contribution is 2.29. The third kappa shape index (κ3) is 1.23. The van der Waals surface area contributed by atoms with Crippen LogP contribution in [0.5, 0.6) is 0 Å². The van der Waals surface area contributed by atoms with Crippen LogP contribution in [0.2, 0.25) is 0 Å². The zero-order valence-electron chi connectivity index (χ0n) is 6.76. The van der Waals surface area contributed by atoms with Gasteiger partial charge in [0.2, 0.25) is 0 Å². The van der Waals surface area contributed by atoms with Crippen LogP contribution in [-0.4, -0.2) is 5.11 Å². The van der Waals surface area contributed by atoms with E-state index in [9.17, 15) is 9.50 Å². The topological polar surface area (TPSA) is 20.2 Å². The Balaban J connectivity index is 2.47. The number of fused-ring (bicyclic) bond motifs is 1. The van der Waals surface area contributed by atoms with Crippen LogP contribution in [0.1, 0.15) is 30.1 Å². The molecule has 1 atom stereocenters. The Labute approximate surface area is 70.8 Å². The molecule has 1 aromatic rings. The Hall–Kier alpha value is -0.890. The van der Waals surface area contributed by atoms with E-state index in [0.717, 1.165) is 30.4 Å². The van der Waals surface area contributed by atoms with Gasteiger partial charge in [0, 0.05) is 0 Å². The first-order valence-electron chi connectivity index (χ1n) is 4.24. The van der Waals surface area contributed by atoms with Crippen molar-refractivity contribution >= 4 is 0 Å². The summed E-state index contributed by atoms with van der Waals surface area (Å²) < 4.78 is 12.8. The number of rotatable bonds is 0. The van der Waals surface area contributed by atoms with Gasteiger partial charge < -0.3 is 5.11 Å². The Morgan fingerprint density at radius 1 is 1.42 bits per heavy atom. The van der Waals surface area contributed by atoms with Gasteiger partial charge in [-0.25, -0.2) is 4.39 Å². The molecule has 0 spiro atoms. The lowest BCUT2D eigenvalue weighted by Gasteiger charge is -2.20. The lowest BCUT2D eigenvalue weighted by Crippen LogP contribution is -2.09. The van der Waals surface area contributed by atoms with Gasteiger partial charge in [-0.05, 0) is 42.5 Å². The SMILES string of the molecule is OC1CCCc2ccc(F)cc21. The minimum atomic E-state index is -0.454. The highest BCUT2D eigenvalue weighted by atomic mass is 19.1. The van der Waals surface area contributed by atoms with E-state index >= 15 is 0 Å². The molecule has 0 aromatic heterocycles. The zero-order valence-corrected chi connectivity index (χ0v) is 6.76. The largest absolute Gasteiger partial charge is 0.388 e. The summed E-state index contributed by atoms with van der Waals surface area (Å²) >= 11 is 0. The van der Waals surface area contributed by atoms with Crippen LogP contribution in [0, 0.1) is 5.82 Å². The Morgan fingerprint density at radius 3 is 3.08 bits per heavy atom. The molecular weight excluding hydrogens is 155 g/mol. The first kappa shape index (κ1) is 7.74. The highest BCUT2D eigenvalue weighted by molar-refractivity contribution is 5.31. The maximum atomic E-state index is 12.8. The van der Waals surface area contributed by atoms with E-state index in [1.807, 2.05) is 0 Å². The predicted octanol–water partition coefficient (Wildman–Crippen LogP) is 2.20. The molecule has 12 heavy (non-hydrogen) atoms. The highest BCUT2D eigenvalue weighted by Gasteiger charge is 2.17. The van der Waals surface area contributed by atoms with Crippen molar-refractivity contribution in [3.8, 4) is 0 Å². The number of hydrogen-bond donors (Lipinski definition) is 1. The lowest BCUT2D eigenvalue weighted by molar-refractivity contribution is 0.156. The molecule has 1 aliphatic carbocycles. The number of aliphatic hydroxyl groups is 1. The van der Waals surface area contributed by atoms with Gasteiger partial charge in [0.05, 0.1) is 6.10 Å². The molecular formula is C10H11FO. The van der Waals surface area contributed by atoms with E-state index in [4.69, 9.17) is 0 Å². The predicted molar refractivity (Wildman–Crippen MR) is 44.3 cm³/mol. The maximum Gasteiger partial charge on any atom is 0.123 e. The fraction of sp³-hybridized carbons (Fsp3) is 0.400. The van der Waals surface area contributed by atoms with Crippen molar-refractivity contribution in [1.29, 1.82) is 0 Å². The maximum absolute atomic E-state index is 12.8. The van der Waals surface area contributed by atoms with E-state index in [-0.39, 0.29) is 5.82 Å². The van der Waals surface area contributed by atoms with E-state index in [2.05, 4.69) is 0 Å². The van der Waals surface area contributed by atoms with Crippen molar-refractivity contribution in [2.24, 2.45) is 0 Å². The van der Waals surface area contributed by atoms with Gasteiger partial charge in [-0.3, -0.25) is 0 Å². The van der Waals surface area contributed by atoms with Crippen LogP contribution in [-0.2, 0) is 6.42 Å². The molecule has 2 rings (SSSR count). The monoisotopic (exact) mass is 166 g/mol. The quantitative estimate of drug-likeness (QED) is 0.626. The number of halogens is 1. The van der Waals surface area contributed by atoms with Gasteiger partial charge in [-0.2, -0.15) is 0 Å². The van der Waals surface area contributed by atoms with Crippen LogP contribution in [0.25, 0.3) is 0 Å². The Morgan fingerprint density at radius 2 is 2.25 bits per heavy atom. The van der Waals surface area contributed by atoms with Gasteiger partial charge in [-0.15, -0.1) is 0 Å². The second-order valence-electron chi connectivity index (χ2n) is 3.25. The molecule has 1 unspecified atom stereocenters. The summed E-state index contributed by atoms with van der Waals surface area (Å²) in [5.41, 5.74) is 1.87. The molecule has 0 fully saturated rings. The third-order valence-corrected chi connectivity index (χ3v) is 2.39. The van der Waals surface area contributed by atoms with Gasteiger partial charge in [0.15, 0.2) is 0 Å². The van der Waals surface area contributed by atoms with Gasteiger partial charge in [-0.1, -0.05) is 6.07 Å². The van der Waals surface area contributed by atoms with Crippen molar-refractivity contribution in [3.63, 3.8) is 0 Å². The summed E-state index contributed by atoms with van der Waals surface area (Å²) in [5.74, 6) is -0.255. The molecule has 0 saturated carbocycles. The van der Waals surface area contributed by atoms with Gasteiger partial charge in [0.1, 0.15) is 5.82 Å². The first-order valence-corrected chi connectivity index (χ1v) is 4.24. The Bertz CT molecular complexity index is 296. The number of benzene rings is 1. The summed E-state index contributed by atoms with van der Waals surface area (Å²) in [6.45, 7) is 0. The van der Waals surface area contributed by atoms with Crippen molar-refractivity contribution in [1.82, 2.24) is 0 Å². The average Bonchev–Trinajstić information content (AvgIpc) is 2.07. The Kier molecular flexibility index (Phi) is 1.85. The van der Waals surface area contributed by atoms with Gasteiger partial charge in [0.25, 0.3) is 0 Å². The molecule has 1 aliphatic rings. The minimum absolute atomic E-state index is 0.255. The van der Waals surface area contributed by atoms with E-state index in [1.165, 1.54) is 12.1 Å². The van der Waals surface area contributed by atoms with Crippen LogP contribution >= 0.6 is 0 Å². The zero-order chi connectivity index (χ0) is 8.55. The number of aryl methyl sites for hydroxylation is 1. The fourth-order valence-electron chi connectivity index (χ4n) is 1.75. The van der Waals surface area contributed by atoms with Gasteiger partial charge >= 0.3 is 0 Å². The smallest absolute Gasteiger partial charge is 0.123 e. The van der Waals surface area contributed by atoms with Crippen LogP contribution in [0.4, 0.5) is 4.39 Å². The minimum Gasteiger partial charge on any atom is -0.388 e. The molecule has 0 aliphatic heterocycles. The second kappa shape index (κ2) is 2.87. The summed E-state index contributed by atoms with van der Waals surface area (Å²) in [6, 6.07) is 4.67. The molecule has 1 nitrogen and oxygen atoms in total. The van der Waals surface area contributed by atoms with Crippen molar-refractivity contribution < 1.29 is 9.50 Å². The standard InChI is InChI=1S/C10H11FO/c11-8-5-4-7-2-1-3-10(12)9(7)6-8/h4-6,10,12H,1-3H2. The van der Waals surface area contributed by atoms with Crippen LogP contribution in [0.3, 0.4) is 0 Å². The number of aliphatic hydroxyl groups excluding tert-OH is 1. The van der Waals surface area contributed by atoms with E-state index in [0.29, 0.717) is 0 Å². The van der Waals surface area contributed by atoms with Crippen LogP contribution in [0.15, 0.2) is 18.2 Å². The van der Waals surface area contributed by atoms with Crippen molar-refractivity contribution in [2.45, 2.75) is 25.4 Å². The average molecular weight is 166 g/mol. The molecule has 1 N–H and O–H groups in total. The summed E-state index contributed by atoms with van der Waals surface area (Å²) in [4.78, 5) is 0. The summed E-state index contributed by atoms with van der Waals surface area (Å²) in [5, 5.41) is 9.52. The molecule has 64 valence electrons. The van der Waals surface area contributed by atoms with E-state index in [1.54, 1.807) is 6.07 Å². The fourth-order valence-corrected chi connectivity index (χ4v) is 1.75. The van der Waals surface area contributed by atoms with Crippen LogP contribution < -0.4 is 0 Å². The molecule has 0 radical (unpaired) electrons. The number of hydrogen-bond acceptors (Lipinski definition) is 1. The molecule has 0 amide bonds. The molecule has 2 heteroatoms. The van der Waals surface area contributed by atoms with E-state index < -0.39 is 6.10 Å². The lowest BCUT2D eigenvalue weighted by atomic mass is 9.89. The normalized spacial score (nSPS) is 22.0. The molecule has 0 bridgehead atoms. The van der Waals surface area contributed by atoms with Crippen molar-refractivity contribution in [2.75, 3.05) is 0 Å². The molecule has 1 aromatic carbocycles. The third-order valence-electron chi connectivity index (χ3n) is 2.39. The summed E-state index contributed by atoms with van der Waals surface area (Å²) in [7, 11) is 0. The second-order valence-corrected chi connectivity index (χ2v) is 3.25. The first-order chi connectivity index (χ1) is 5.77. The molecule has 0 heterocycles. The molecule has 0 saturated heterocycles.